The number of rotatable bonds is 3. The van der Waals surface area contributed by atoms with Crippen LogP contribution >= 0.6 is 11.6 Å². The van der Waals surface area contributed by atoms with Crippen molar-refractivity contribution in [1.82, 2.24) is 0 Å². The Bertz CT molecular complexity index is 436. The van der Waals surface area contributed by atoms with E-state index in [2.05, 4.69) is 5.32 Å². The molecule has 1 aliphatic carbocycles. The molecule has 5 N–H and O–H groups in total. The van der Waals surface area contributed by atoms with Crippen LogP contribution in [-0.4, -0.2) is 18.0 Å². The third-order valence-corrected chi connectivity index (χ3v) is 3.41. The number of nitrogens with one attached hydrogen (secondary N) is 1. The molecule has 1 aromatic carbocycles. The average Bonchev–Trinajstić information content (AvgIpc) is 2.67. The van der Waals surface area contributed by atoms with Gasteiger partial charge in [-0.25, -0.2) is 0 Å². The van der Waals surface area contributed by atoms with Gasteiger partial charge in [0.15, 0.2) is 0 Å². The molecule has 92 valence electrons. The maximum Gasteiger partial charge on any atom is 0.248 e. The van der Waals surface area contributed by atoms with E-state index in [9.17, 15) is 4.79 Å². The Morgan fingerprint density at radius 1 is 1.41 bits per heavy atom. The second-order valence-electron chi connectivity index (χ2n) is 4.47. The third kappa shape index (κ3) is 2.90. The second-order valence-corrected chi connectivity index (χ2v) is 4.88. The van der Waals surface area contributed by atoms with Crippen molar-refractivity contribution in [1.29, 1.82) is 0 Å². The number of halogens is 1. The fraction of sp³-hybridized carbons (Fsp3) is 0.417. The van der Waals surface area contributed by atoms with Crippen LogP contribution in [0.25, 0.3) is 0 Å². The topological polar surface area (TPSA) is 81.1 Å². The van der Waals surface area contributed by atoms with Crippen molar-refractivity contribution in [3.05, 3.63) is 28.8 Å². The molecule has 0 aliphatic heterocycles. The molecule has 2 rings (SSSR count). The summed E-state index contributed by atoms with van der Waals surface area (Å²) in [5.41, 5.74) is 12.3. The molecule has 4 nitrogen and oxygen atoms in total. The Morgan fingerprint density at radius 3 is 2.76 bits per heavy atom. The van der Waals surface area contributed by atoms with E-state index in [1.54, 1.807) is 18.2 Å². The molecule has 2 atom stereocenters. The van der Waals surface area contributed by atoms with E-state index < -0.39 is 5.91 Å². The summed E-state index contributed by atoms with van der Waals surface area (Å²) in [5.74, 6) is -0.451. The van der Waals surface area contributed by atoms with E-state index in [0.717, 1.165) is 24.9 Å². The van der Waals surface area contributed by atoms with Gasteiger partial charge in [-0.3, -0.25) is 4.79 Å². The SMILES string of the molecule is NC(=O)c1ccc(Cl)c(NC2CCC(N)C2)c1. The molecule has 2 unspecified atom stereocenters. The number of benzene rings is 1. The number of hydrogen-bond donors (Lipinski definition) is 3. The second kappa shape index (κ2) is 4.94. The van der Waals surface area contributed by atoms with Gasteiger partial charge in [0.25, 0.3) is 0 Å². The number of anilines is 1. The lowest BCUT2D eigenvalue weighted by Gasteiger charge is -2.15. The van der Waals surface area contributed by atoms with Gasteiger partial charge in [0.1, 0.15) is 0 Å². The van der Waals surface area contributed by atoms with Crippen LogP contribution in [0.3, 0.4) is 0 Å². The smallest absolute Gasteiger partial charge is 0.248 e. The van der Waals surface area contributed by atoms with Crippen molar-refractivity contribution < 1.29 is 4.79 Å². The Labute approximate surface area is 105 Å². The number of primary amides is 1. The maximum absolute atomic E-state index is 11.1. The summed E-state index contributed by atoms with van der Waals surface area (Å²) in [4.78, 5) is 11.1. The fourth-order valence-electron chi connectivity index (χ4n) is 2.16. The first-order chi connectivity index (χ1) is 8.06. The van der Waals surface area contributed by atoms with E-state index >= 15 is 0 Å². The minimum atomic E-state index is -0.451. The first-order valence-corrected chi connectivity index (χ1v) is 6.05. The Hall–Kier alpha value is -1.26. The molecule has 1 aliphatic rings. The lowest BCUT2D eigenvalue weighted by atomic mass is 10.1. The van der Waals surface area contributed by atoms with Gasteiger partial charge in [-0.2, -0.15) is 0 Å². The van der Waals surface area contributed by atoms with Gasteiger partial charge < -0.3 is 16.8 Å². The van der Waals surface area contributed by atoms with Crippen LogP contribution in [0.2, 0.25) is 5.02 Å². The van der Waals surface area contributed by atoms with Gasteiger partial charge in [-0.15, -0.1) is 0 Å². The molecule has 1 aromatic rings. The Morgan fingerprint density at radius 2 is 2.18 bits per heavy atom. The molecular formula is C12H16ClN3O. The Kier molecular flexibility index (Phi) is 3.54. The molecule has 1 fully saturated rings. The number of hydrogen-bond acceptors (Lipinski definition) is 3. The zero-order chi connectivity index (χ0) is 12.4. The monoisotopic (exact) mass is 253 g/mol. The van der Waals surface area contributed by atoms with Crippen molar-refractivity contribution in [3.63, 3.8) is 0 Å². The molecule has 0 heterocycles. The standard InChI is InChI=1S/C12H16ClN3O/c13-10-4-1-7(12(15)17)5-11(10)16-9-3-2-8(14)6-9/h1,4-5,8-9,16H,2-3,6,14H2,(H2,15,17). The molecule has 1 amide bonds. The normalized spacial score (nSPS) is 23.6. The third-order valence-electron chi connectivity index (χ3n) is 3.08. The summed E-state index contributed by atoms with van der Waals surface area (Å²) in [6, 6.07) is 5.57. The van der Waals surface area contributed by atoms with E-state index in [1.165, 1.54) is 0 Å². The van der Waals surface area contributed by atoms with Crippen LogP contribution in [0, 0.1) is 0 Å². The minimum Gasteiger partial charge on any atom is -0.381 e. The molecule has 0 bridgehead atoms. The van der Waals surface area contributed by atoms with Crippen LogP contribution in [0.1, 0.15) is 29.6 Å². The molecule has 0 aromatic heterocycles. The summed E-state index contributed by atoms with van der Waals surface area (Å²) in [6.45, 7) is 0. The first-order valence-electron chi connectivity index (χ1n) is 5.67. The summed E-state index contributed by atoms with van der Waals surface area (Å²) in [6.07, 6.45) is 2.97. The molecule has 0 radical (unpaired) electrons. The maximum atomic E-state index is 11.1. The largest absolute Gasteiger partial charge is 0.381 e. The number of amides is 1. The first kappa shape index (κ1) is 12.2. The minimum absolute atomic E-state index is 0.255. The lowest BCUT2D eigenvalue weighted by molar-refractivity contribution is 0.100. The molecular weight excluding hydrogens is 238 g/mol. The van der Waals surface area contributed by atoms with Gasteiger partial charge in [0, 0.05) is 17.6 Å². The van der Waals surface area contributed by atoms with E-state index in [4.69, 9.17) is 23.1 Å². The van der Waals surface area contributed by atoms with Crippen LogP contribution in [0.5, 0.6) is 0 Å². The molecule has 0 spiro atoms. The summed E-state index contributed by atoms with van der Waals surface area (Å²) in [7, 11) is 0. The van der Waals surface area contributed by atoms with Gasteiger partial charge in [0.2, 0.25) is 5.91 Å². The van der Waals surface area contributed by atoms with E-state index in [-0.39, 0.29) is 6.04 Å². The van der Waals surface area contributed by atoms with Crippen molar-refractivity contribution in [3.8, 4) is 0 Å². The number of carbonyl (C=O) groups excluding carboxylic acids is 1. The van der Waals surface area contributed by atoms with Crippen molar-refractivity contribution in [2.24, 2.45) is 11.5 Å². The number of nitrogens with two attached hydrogens (primary N) is 2. The molecule has 17 heavy (non-hydrogen) atoms. The summed E-state index contributed by atoms with van der Waals surface area (Å²) >= 11 is 6.07. The summed E-state index contributed by atoms with van der Waals surface area (Å²) < 4.78 is 0. The zero-order valence-electron chi connectivity index (χ0n) is 9.45. The average molecular weight is 254 g/mol. The Balaban J connectivity index is 2.14. The van der Waals surface area contributed by atoms with Crippen molar-refractivity contribution in [2.45, 2.75) is 31.3 Å². The lowest BCUT2D eigenvalue weighted by Crippen LogP contribution is -2.21. The van der Waals surface area contributed by atoms with Crippen molar-refractivity contribution >= 4 is 23.2 Å². The predicted octanol–water partition coefficient (Wildman–Crippen LogP) is 1.73. The molecule has 1 saturated carbocycles. The highest BCUT2D eigenvalue weighted by molar-refractivity contribution is 6.33. The van der Waals surface area contributed by atoms with E-state index in [0.29, 0.717) is 16.6 Å². The zero-order valence-corrected chi connectivity index (χ0v) is 10.2. The van der Waals surface area contributed by atoms with E-state index in [1.807, 2.05) is 0 Å². The van der Waals surface area contributed by atoms with Crippen LogP contribution in [-0.2, 0) is 0 Å². The van der Waals surface area contributed by atoms with Gasteiger partial charge in [-0.05, 0) is 37.5 Å². The molecule has 5 heteroatoms. The highest BCUT2D eigenvalue weighted by Crippen LogP contribution is 2.27. The van der Waals surface area contributed by atoms with Gasteiger partial charge in [0.05, 0.1) is 10.7 Å². The van der Waals surface area contributed by atoms with Crippen LogP contribution in [0.15, 0.2) is 18.2 Å². The van der Waals surface area contributed by atoms with Crippen LogP contribution in [0.4, 0.5) is 5.69 Å². The summed E-state index contributed by atoms with van der Waals surface area (Å²) in [5, 5.41) is 3.91. The van der Waals surface area contributed by atoms with Gasteiger partial charge in [-0.1, -0.05) is 11.6 Å². The van der Waals surface area contributed by atoms with Gasteiger partial charge >= 0.3 is 0 Å². The fourth-order valence-corrected chi connectivity index (χ4v) is 2.33. The highest BCUT2D eigenvalue weighted by Gasteiger charge is 2.22. The predicted molar refractivity (Wildman–Crippen MR) is 69.2 cm³/mol. The quantitative estimate of drug-likeness (QED) is 0.767. The number of carbonyl (C=O) groups is 1. The van der Waals surface area contributed by atoms with Crippen LogP contribution < -0.4 is 16.8 Å². The molecule has 0 saturated heterocycles. The van der Waals surface area contributed by atoms with Crippen molar-refractivity contribution in [2.75, 3.05) is 5.32 Å². The highest BCUT2D eigenvalue weighted by atomic mass is 35.5.